The normalized spacial score (nSPS) is 12.3. The first-order chi connectivity index (χ1) is 12.6. The summed E-state index contributed by atoms with van der Waals surface area (Å²) in [5.74, 6) is 0.804. The number of nitrogens with zero attached hydrogens (tertiary/aromatic N) is 1. The van der Waals surface area contributed by atoms with Gasteiger partial charge in [0.25, 0.3) is 0 Å². The van der Waals surface area contributed by atoms with E-state index in [-0.39, 0.29) is 11.8 Å². The molecule has 0 saturated heterocycles. The molecule has 0 aromatic heterocycles. The number of carbonyl (C=O) groups excluding carboxylic acids is 1. The fraction of sp³-hybridized carbons (Fsp3) is 0.333. The van der Waals surface area contributed by atoms with E-state index in [1.54, 1.807) is 7.05 Å². The van der Waals surface area contributed by atoms with Crippen molar-refractivity contribution in [2.24, 2.45) is 10.9 Å². The van der Waals surface area contributed by atoms with Crippen LogP contribution in [0.3, 0.4) is 0 Å². The van der Waals surface area contributed by atoms with E-state index >= 15 is 0 Å². The zero-order valence-corrected chi connectivity index (χ0v) is 15.8. The minimum atomic E-state index is 0.0118. The Morgan fingerprint density at radius 2 is 1.65 bits per heavy atom. The fourth-order valence-corrected chi connectivity index (χ4v) is 2.40. The van der Waals surface area contributed by atoms with E-state index in [0.29, 0.717) is 13.1 Å². The van der Waals surface area contributed by atoms with Gasteiger partial charge in [0.15, 0.2) is 5.96 Å². The lowest BCUT2D eigenvalue weighted by Crippen LogP contribution is -2.36. The molecule has 26 heavy (non-hydrogen) atoms. The molecule has 0 radical (unpaired) electrons. The number of carbonyl (C=O) groups is 1. The Bertz CT molecular complexity index is 728. The van der Waals surface area contributed by atoms with Gasteiger partial charge in [-0.25, -0.2) is 0 Å². The highest BCUT2D eigenvalue weighted by Crippen LogP contribution is 2.13. The first-order valence-electron chi connectivity index (χ1n) is 9.00. The molecular weight excluding hydrogens is 324 g/mol. The van der Waals surface area contributed by atoms with E-state index in [0.717, 1.165) is 23.6 Å². The first kappa shape index (κ1) is 19.5. The third kappa shape index (κ3) is 6.24. The summed E-state index contributed by atoms with van der Waals surface area (Å²) in [6.45, 7) is 5.29. The smallest absolute Gasteiger partial charge is 0.227 e. The Labute approximate surface area is 155 Å². The number of amides is 1. The van der Waals surface area contributed by atoms with Crippen molar-refractivity contribution in [2.45, 2.75) is 33.4 Å². The van der Waals surface area contributed by atoms with Crippen LogP contribution in [-0.4, -0.2) is 18.9 Å². The zero-order valence-electron chi connectivity index (χ0n) is 15.8. The molecule has 1 unspecified atom stereocenters. The minimum absolute atomic E-state index is 0.0118. The Morgan fingerprint density at radius 1 is 1.00 bits per heavy atom. The second-order valence-electron chi connectivity index (χ2n) is 6.26. The largest absolute Gasteiger partial charge is 0.352 e. The van der Waals surface area contributed by atoms with Crippen LogP contribution in [0.2, 0.25) is 0 Å². The van der Waals surface area contributed by atoms with Crippen molar-refractivity contribution in [1.29, 1.82) is 0 Å². The van der Waals surface area contributed by atoms with Crippen molar-refractivity contribution in [3.05, 3.63) is 65.7 Å². The van der Waals surface area contributed by atoms with Gasteiger partial charge in [-0.2, -0.15) is 0 Å². The Kier molecular flexibility index (Phi) is 7.68. The third-order valence-corrected chi connectivity index (χ3v) is 4.24. The van der Waals surface area contributed by atoms with E-state index in [2.05, 4.69) is 33.1 Å². The van der Waals surface area contributed by atoms with Gasteiger partial charge in [-0.15, -0.1) is 0 Å². The Hall–Kier alpha value is -2.82. The molecule has 0 aliphatic rings. The predicted molar refractivity (Wildman–Crippen MR) is 108 cm³/mol. The standard InChI is InChI=1S/C21H28N4O/c1-4-16(2)20(26)25-19-12-8-11-18(13-19)15-24-21(22-3)23-14-17-9-6-5-7-10-17/h5-13,16H,4,14-15H2,1-3H3,(H,25,26)(H2,22,23,24). The van der Waals surface area contributed by atoms with Gasteiger partial charge >= 0.3 is 0 Å². The first-order valence-corrected chi connectivity index (χ1v) is 9.00. The van der Waals surface area contributed by atoms with Gasteiger partial charge < -0.3 is 16.0 Å². The molecule has 2 aromatic rings. The van der Waals surface area contributed by atoms with Gasteiger partial charge in [0.2, 0.25) is 5.91 Å². The molecule has 0 aliphatic carbocycles. The topological polar surface area (TPSA) is 65.5 Å². The molecular formula is C21H28N4O. The van der Waals surface area contributed by atoms with E-state index in [9.17, 15) is 4.79 Å². The van der Waals surface area contributed by atoms with Crippen molar-refractivity contribution in [3.63, 3.8) is 0 Å². The number of nitrogens with one attached hydrogen (secondary N) is 3. The maximum absolute atomic E-state index is 12.0. The van der Waals surface area contributed by atoms with Crippen LogP contribution < -0.4 is 16.0 Å². The molecule has 1 atom stereocenters. The van der Waals surface area contributed by atoms with Crippen LogP contribution in [0.1, 0.15) is 31.4 Å². The molecule has 2 rings (SSSR count). The molecule has 0 saturated carbocycles. The summed E-state index contributed by atoms with van der Waals surface area (Å²) >= 11 is 0. The third-order valence-electron chi connectivity index (χ3n) is 4.24. The Balaban J connectivity index is 1.87. The summed E-state index contributed by atoms with van der Waals surface area (Å²) in [7, 11) is 1.75. The maximum atomic E-state index is 12.0. The average molecular weight is 352 g/mol. The van der Waals surface area contributed by atoms with Gasteiger partial charge in [0.05, 0.1) is 0 Å². The van der Waals surface area contributed by atoms with Crippen LogP contribution in [0.4, 0.5) is 5.69 Å². The highest BCUT2D eigenvalue weighted by atomic mass is 16.1. The van der Waals surface area contributed by atoms with E-state index < -0.39 is 0 Å². The molecule has 5 nitrogen and oxygen atoms in total. The van der Waals surface area contributed by atoms with Crippen LogP contribution >= 0.6 is 0 Å². The van der Waals surface area contributed by atoms with Crippen LogP contribution in [0.15, 0.2) is 59.6 Å². The monoisotopic (exact) mass is 352 g/mol. The van der Waals surface area contributed by atoms with Crippen LogP contribution in [-0.2, 0) is 17.9 Å². The lowest BCUT2D eigenvalue weighted by Gasteiger charge is -2.14. The maximum Gasteiger partial charge on any atom is 0.227 e. The van der Waals surface area contributed by atoms with Gasteiger partial charge in [-0.05, 0) is 29.7 Å². The number of rotatable bonds is 7. The van der Waals surface area contributed by atoms with Crippen molar-refractivity contribution in [2.75, 3.05) is 12.4 Å². The van der Waals surface area contributed by atoms with Crippen LogP contribution in [0, 0.1) is 5.92 Å². The van der Waals surface area contributed by atoms with Crippen LogP contribution in [0.25, 0.3) is 0 Å². The molecule has 0 spiro atoms. The number of hydrogen-bond acceptors (Lipinski definition) is 2. The molecule has 0 bridgehead atoms. The molecule has 0 heterocycles. The van der Waals surface area contributed by atoms with E-state index in [1.807, 2.05) is 56.3 Å². The SMILES string of the molecule is CCC(C)C(=O)Nc1cccc(CNC(=NC)NCc2ccccc2)c1. The average Bonchev–Trinajstić information content (AvgIpc) is 2.68. The van der Waals surface area contributed by atoms with Crippen LogP contribution in [0.5, 0.6) is 0 Å². The summed E-state index contributed by atoms with van der Waals surface area (Å²) in [6, 6.07) is 18.1. The number of guanidine groups is 1. The fourth-order valence-electron chi connectivity index (χ4n) is 2.40. The molecule has 0 aliphatic heterocycles. The number of hydrogen-bond donors (Lipinski definition) is 3. The highest BCUT2D eigenvalue weighted by Gasteiger charge is 2.10. The molecule has 5 heteroatoms. The second kappa shape index (κ2) is 10.2. The molecule has 0 fully saturated rings. The van der Waals surface area contributed by atoms with E-state index in [4.69, 9.17) is 0 Å². The summed E-state index contributed by atoms with van der Waals surface area (Å²) in [5, 5.41) is 9.56. The second-order valence-corrected chi connectivity index (χ2v) is 6.26. The summed E-state index contributed by atoms with van der Waals surface area (Å²) < 4.78 is 0. The van der Waals surface area contributed by atoms with Gasteiger partial charge in [0.1, 0.15) is 0 Å². The predicted octanol–water partition coefficient (Wildman–Crippen LogP) is 3.54. The minimum Gasteiger partial charge on any atom is -0.352 e. The zero-order chi connectivity index (χ0) is 18.8. The lowest BCUT2D eigenvalue weighted by atomic mass is 10.1. The number of anilines is 1. The van der Waals surface area contributed by atoms with E-state index in [1.165, 1.54) is 5.56 Å². The molecule has 1 amide bonds. The summed E-state index contributed by atoms with van der Waals surface area (Å²) in [5.41, 5.74) is 3.10. The quantitative estimate of drug-likeness (QED) is 0.527. The van der Waals surface area contributed by atoms with Gasteiger partial charge in [-0.1, -0.05) is 56.3 Å². The van der Waals surface area contributed by atoms with Gasteiger partial charge in [-0.3, -0.25) is 9.79 Å². The van der Waals surface area contributed by atoms with Crippen molar-refractivity contribution < 1.29 is 4.79 Å². The van der Waals surface area contributed by atoms with Gasteiger partial charge in [0, 0.05) is 31.7 Å². The summed E-state index contributed by atoms with van der Waals surface area (Å²) in [4.78, 5) is 16.3. The molecule has 2 aromatic carbocycles. The number of aliphatic imine (C=N–C) groups is 1. The molecule has 138 valence electrons. The summed E-state index contributed by atoms with van der Waals surface area (Å²) in [6.07, 6.45) is 0.830. The number of benzene rings is 2. The highest BCUT2D eigenvalue weighted by molar-refractivity contribution is 5.92. The lowest BCUT2D eigenvalue weighted by molar-refractivity contribution is -0.119. The molecule has 3 N–H and O–H groups in total. The van der Waals surface area contributed by atoms with Crippen molar-refractivity contribution in [3.8, 4) is 0 Å². The van der Waals surface area contributed by atoms with Crippen molar-refractivity contribution >= 4 is 17.6 Å². The van der Waals surface area contributed by atoms with Crippen molar-refractivity contribution in [1.82, 2.24) is 10.6 Å². The Morgan fingerprint density at radius 3 is 2.31 bits per heavy atom.